The van der Waals surface area contributed by atoms with E-state index in [4.69, 9.17) is 10.2 Å². The fourth-order valence-corrected chi connectivity index (χ4v) is 0.994. The number of hydrogen-bond donors (Lipinski definition) is 2. The maximum atomic E-state index is 9.16. The van der Waals surface area contributed by atoms with Gasteiger partial charge in [0.05, 0.1) is 6.10 Å². The van der Waals surface area contributed by atoms with Crippen molar-refractivity contribution >= 4 is 0 Å². The molecule has 1 atom stereocenters. The SMILES string of the molecule is CCCCC/C=C/C(O)CCO. The average Bonchev–Trinajstić information content (AvgIpc) is 2.05. The van der Waals surface area contributed by atoms with Gasteiger partial charge in [-0.3, -0.25) is 0 Å². The topological polar surface area (TPSA) is 40.5 Å². The van der Waals surface area contributed by atoms with Crippen LogP contribution >= 0.6 is 0 Å². The third-order valence-corrected chi connectivity index (χ3v) is 1.76. The molecule has 0 aromatic heterocycles. The molecule has 0 aromatic carbocycles. The first kappa shape index (κ1) is 11.7. The third kappa shape index (κ3) is 7.76. The molecule has 12 heavy (non-hydrogen) atoms. The minimum atomic E-state index is -0.461. The molecule has 0 aliphatic rings. The maximum Gasteiger partial charge on any atom is 0.0742 e. The molecule has 0 aromatic rings. The second-order valence-electron chi connectivity index (χ2n) is 3.00. The van der Waals surface area contributed by atoms with Crippen molar-refractivity contribution < 1.29 is 10.2 Å². The van der Waals surface area contributed by atoms with Crippen LogP contribution in [0.25, 0.3) is 0 Å². The van der Waals surface area contributed by atoms with Crippen LogP contribution < -0.4 is 0 Å². The lowest BCUT2D eigenvalue weighted by atomic mass is 10.1. The standard InChI is InChI=1S/C10H20O2/c1-2-3-4-5-6-7-10(12)8-9-11/h6-7,10-12H,2-5,8-9H2,1H3/b7-6+. The average molecular weight is 172 g/mol. The molecule has 0 bridgehead atoms. The van der Waals surface area contributed by atoms with Gasteiger partial charge >= 0.3 is 0 Å². The van der Waals surface area contributed by atoms with Gasteiger partial charge in [-0.2, -0.15) is 0 Å². The molecule has 72 valence electrons. The van der Waals surface area contributed by atoms with Gasteiger partial charge in [0.2, 0.25) is 0 Å². The van der Waals surface area contributed by atoms with Gasteiger partial charge in [0.25, 0.3) is 0 Å². The predicted molar refractivity (Wildman–Crippen MR) is 51.0 cm³/mol. The Morgan fingerprint density at radius 3 is 2.67 bits per heavy atom. The van der Waals surface area contributed by atoms with Crippen molar-refractivity contribution in [1.82, 2.24) is 0 Å². The summed E-state index contributed by atoms with van der Waals surface area (Å²) in [5, 5.41) is 17.6. The molecule has 0 saturated heterocycles. The lowest BCUT2D eigenvalue weighted by Gasteiger charge is -2.00. The molecule has 0 saturated carbocycles. The Labute approximate surface area is 74.9 Å². The number of allylic oxidation sites excluding steroid dienone is 1. The molecule has 0 aliphatic heterocycles. The third-order valence-electron chi connectivity index (χ3n) is 1.76. The highest BCUT2D eigenvalue weighted by Gasteiger charge is 1.94. The summed E-state index contributed by atoms with van der Waals surface area (Å²) in [6, 6.07) is 0. The normalized spacial score (nSPS) is 13.9. The van der Waals surface area contributed by atoms with Gasteiger partial charge in [0, 0.05) is 6.61 Å². The van der Waals surface area contributed by atoms with Crippen LogP contribution in [-0.2, 0) is 0 Å². The van der Waals surface area contributed by atoms with Crippen molar-refractivity contribution in [3.05, 3.63) is 12.2 Å². The summed E-state index contributed by atoms with van der Waals surface area (Å²) in [4.78, 5) is 0. The molecule has 0 heterocycles. The van der Waals surface area contributed by atoms with Crippen molar-refractivity contribution in [2.45, 2.75) is 45.1 Å². The minimum absolute atomic E-state index is 0.0560. The van der Waals surface area contributed by atoms with Gasteiger partial charge < -0.3 is 10.2 Å². The molecule has 0 radical (unpaired) electrons. The zero-order valence-corrected chi connectivity index (χ0v) is 7.87. The largest absolute Gasteiger partial charge is 0.396 e. The first-order valence-electron chi connectivity index (χ1n) is 4.76. The van der Waals surface area contributed by atoms with E-state index in [-0.39, 0.29) is 6.61 Å². The van der Waals surface area contributed by atoms with Gasteiger partial charge in [0.15, 0.2) is 0 Å². The van der Waals surface area contributed by atoms with Gasteiger partial charge in [-0.15, -0.1) is 0 Å². The summed E-state index contributed by atoms with van der Waals surface area (Å²) in [6.07, 6.45) is 8.46. The highest BCUT2D eigenvalue weighted by Crippen LogP contribution is 2.01. The summed E-state index contributed by atoms with van der Waals surface area (Å²) in [6.45, 7) is 2.23. The second-order valence-corrected chi connectivity index (χ2v) is 3.00. The number of unbranched alkanes of at least 4 members (excludes halogenated alkanes) is 3. The molecule has 0 amide bonds. The predicted octanol–water partition coefficient (Wildman–Crippen LogP) is 1.87. The molecular weight excluding hydrogens is 152 g/mol. The van der Waals surface area contributed by atoms with E-state index in [1.54, 1.807) is 6.08 Å². The molecule has 0 rings (SSSR count). The summed E-state index contributed by atoms with van der Waals surface area (Å²) in [7, 11) is 0. The van der Waals surface area contributed by atoms with E-state index in [9.17, 15) is 0 Å². The van der Waals surface area contributed by atoms with Crippen LogP contribution in [0, 0.1) is 0 Å². The quantitative estimate of drug-likeness (QED) is 0.454. The number of aliphatic hydroxyl groups is 2. The summed E-state index contributed by atoms with van der Waals surface area (Å²) >= 11 is 0. The Kier molecular flexibility index (Phi) is 8.51. The molecule has 2 heteroatoms. The van der Waals surface area contributed by atoms with E-state index >= 15 is 0 Å². The molecule has 0 spiro atoms. The van der Waals surface area contributed by atoms with Crippen LogP contribution in [0.2, 0.25) is 0 Å². The Morgan fingerprint density at radius 2 is 2.08 bits per heavy atom. The lowest BCUT2D eigenvalue weighted by Crippen LogP contribution is -2.03. The molecule has 2 nitrogen and oxygen atoms in total. The molecule has 2 N–H and O–H groups in total. The summed E-state index contributed by atoms with van der Waals surface area (Å²) in [5.74, 6) is 0. The maximum absolute atomic E-state index is 9.16. The van der Waals surface area contributed by atoms with Crippen LogP contribution in [0.15, 0.2) is 12.2 Å². The van der Waals surface area contributed by atoms with Crippen molar-refractivity contribution in [3.8, 4) is 0 Å². The lowest BCUT2D eigenvalue weighted by molar-refractivity contribution is 0.170. The molecule has 0 aliphatic carbocycles. The fourth-order valence-electron chi connectivity index (χ4n) is 0.994. The number of rotatable bonds is 7. The summed E-state index contributed by atoms with van der Waals surface area (Å²) in [5.41, 5.74) is 0. The van der Waals surface area contributed by atoms with Crippen LogP contribution in [0.4, 0.5) is 0 Å². The van der Waals surface area contributed by atoms with Crippen LogP contribution in [0.5, 0.6) is 0 Å². The first-order valence-corrected chi connectivity index (χ1v) is 4.76. The van der Waals surface area contributed by atoms with Crippen LogP contribution in [0.3, 0.4) is 0 Å². The van der Waals surface area contributed by atoms with Crippen molar-refractivity contribution in [1.29, 1.82) is 0 Å². The summed E-state index contributed by atoms with van der Waals surface area (Å²) < 4.78 is 0. The highest BCUT2D eigenvalue weighted by atomic mass is 16.3. The van der Waals surface area contributed by atoms with Crippen LogP contribution in [0.1, 0.15) is 39.0 Å². The smallest absolute Gasteiger partial charge is 0.0742 e. The van der Waals surface area contributed by atoms with Gasteiger partial charge in [-0.05, 0) is 19.3 Å². The molecule has 1 unspecified atom stereocenters. The van der Waals surface area contributed by atoms with E-state index < -0.39 is 6.10 Å². The van der Waals surface area contributed by atoms with Gasteiger partial charge in [-0.25, -0.2) is 0 Å². The van der Waals surface area contributed by atoms with Crippen molar-refractivity contribution in [2.24, 2.45) is 0 Å². The minimum Gasteiger partial charge on any atom is -0.396 e. The number of aliphatic hydroxyl groups excluding tert-OH is 2. The zero-order chi connectivity index (χ0) is 9.23. The molecule has 0 fully saturated rings. The van der Waals surface area contributed by atoms with E-state index in [2.05, 4.69) is 6.92 Å². The Balaban J connectivity index is 3.22. The Hall–Kier alpha value is -0.340. The van der Waals surface area contributed by atoms with E-state index in [1.165, 1.54) is 19.3 Å². The highest BCUT2D eigenvalue weighted by molar-refractivity contribution is 4.88. The monoisotopic (exact) mass is 172 g/mol. The number of hydrogen-bond acceptors (Lipinski definition) is 2. The van der Waals surface area contributed by atoms with Gasteiger partial charge in [-0.1, -0.05) is 31.9 Å². The Morgan fingerprint density at radius 1 is 1.33 bits per heavy atom. The van der Waals surface area contributed by atoms with Crippen molar-refractivity contribution in [2.75, 3.05) is 6.61 Å². The van der Waals surface area contributed by atoms with Crippen molar-refractivity contribution in [3.63, 3.8) is 0 Å². The molecular formula is C10H20O2. The first-order chi connectivity index (χ1) is 5.81. The van der Waals surface area contributed by atoms with E-state index in [0.29, 0.717) is 6.42 Å². The Bertz CT molecular complexity index is 110. The fraction of sp³-hybridized carbons (Fsp3) is 0.800. The van der Waals surface area contributed by atoms with E-state index in [0.717, 1.165) is 6.42 Å². The van der Waals surface area contributed by atoms with Crippen LogP contribution in [-0.4, -0.2) is 22.9 Å². The van der Waals surface area contributed by atoms with E-state index in [1.807, 2.05) is 6.08 Å². The second kappa shape index (κ2) is 8.75. The zero-order valence-electron chi connectivity index (χ0n) is 7.87. The van der Waals surface area contributed by atoms with Gasteiger partial charge in [0.1, 0.15) is 0 Å².